The lowest BCUT2D eigenvalue weighted by molar-refractivity contribution is 0.0532. The number of hydrogen-bond acceptors (Lipinski definition) is 6. The number of esters is 1. The molecule has 0 saturated carbocycles. The predicted molar refractivity (Wildman–Crippen MR) is 151 cm³/mol. The third-order valence-corrected chi connectivity index (χ3v) is 10.4. The van der Waals surface area contributed by atoms with Crippen molar-refractivity contribution in [3.8, 4) is 11.5 Å². The van der Waals surface area contributed by atoms with Crippen LogP contribution in [0.5, 0.6) is 11.5 Å². The Morgan fingerprint density at radius 1 is 1.22 bits per heavy atom. The zero-order valence-electron chi connectivity index (χ0n) is 23.9. The van der Waals surface area contributed by atoms with Crippen molar-refractivity contribution in [3.63, 3.8) is 0 Å². The SMILES string of the molecule is CC[C@H](C)OP(C)(=O)CCCC/C(C)=C/Cc1c(OC)c(C)c2c(c1OCC[Si](C)(C)C)C(=O)OC2. The summed E-state index contributed by atoms with van der Waals surface area (Å²) in [4.78, 5) is 12.6. The number of carbonyl (C=O) groups excluding carboxylic acids is 1. The fraction of sp³-hybridized carbons (Fsp3) is 0.679. The molecule has 1 unspecified atom stereocenters. The van der Waals surface area contributed by atoms with E-state index in [1.807, 2.05) is 20.8 Å². The number of hydrogen-bond donors (Lipinski definition) is 0. The van der Waals surface area contributed by atoms with E-state index in [1.165, 1.54) is 5.57 Å². The molecule has 1 aromatic carbocycles. The number of rotatable bonds is 15. The van der Waals surface area contributed by atoms with E-state index in [0.717, 1.165) is 54.2 Å². The molecule has 2 atom stereocenters. The summed E-state index contributed by atoms with van der Waals surface area (Å²) in [5, 5.41) is 0. The van der Waals surface area contributed by atoms with Gasteiger partial charge >= 0.3 is 5.97 Å². The summed E-state index contributed by atoms with van der Waals surface area (Å²) in [7, 11) is -2.17. The van der Waals surface area contributed by atoms with Gasteiger partial charge < -0.3 is 18.7 Å². The largest absolute Gasteiger partial charge is 0.496 e. The average molecular weight is 539 g/mol. The van der Waals surface area contributed by atoms with Crippen LogP contribution in [0.2, 0.25) is 25.7 Å². The van der Waals surface area contributed by atoms with Crippen LogP contribution in [0.15, 0.2) is 11.6 Å². The summed E-state index contributed by atoms with van der Waals surface area (Å²) in [5.74, 6) is 1.07. The predicted octanol–water partition coefficient (Wildman–Crippen LogP) is 7.77. The van der Waals surface area contributed by atoms with Crippen LogP contribution in [0.25, 0.3) is 0 Å². The standard InChI is InChI=1S/C28H47O6PSi/c1-10-21(3)34-35(6,30)17-12-11-13-20(2)14-15-23-26(31-5)22(4)24-19-33-28(29)25(24)27(23)32-16-18-36(7,8)9/h14,21H,10-13,15-19H2,1-9H3/b20-14+/t21-,35?/m0/s1. The van der Waals surface area contributed by atoms with Crippen molar-refractivity contribution in [3.05, 3.63) is 33.9 Å². The topological polar surface area (TPSA) is 71.1 Å². The molecule has 204 valence electrons. The molecule has 0 bridgehead atoms. The second kappa shape index (κ2) is 13.3. The number of ether oxygens (including phenoxy) is 3. The van der Waals surface area contributed by atoms with Gasteiger partial charge in [-0.05, 0) is 64.5 Å². The normalized spacial score (nSPS) is 16.4. The maximum absolute atomic E-state index is 12.6. The van der Waals surface area contributed by atoms with Gasteiger partial charge in [0.15, 0.2) is 7.37 Å². The third kappa shape index (κ3) is 8.78. The molecular formula is C28H47O6PSi. The first kappa shape index (κ1) is 30.7. The molecule has 0 saturated heterocycles. The fourth-order valence-corrected chi connectivity index (χ4v) is 6.85. The van der Waals surface area contributed by atoms with E-state index in [0.29, 0.717) is 30.5 Å². The molecule has 0 aromatic heterocycles. The van der Waals surface area contributed by atoms with E-state index < -0.39 is 15.4 Å². The Bertz CT molecular complexity index is 995. The maximum Gasteiger partial charge on any atom is 0.342 e. The van der Waals surface area contributed by atoms with Crippen molar-refractivity contribution in [2.75, 3.05) is 26.5 Å². The molecule has 1 aliphatic rings. The lowest BCUT2D eigenvalue weighted by atomic mass is 9.94. The lowest BCUT2D eigenvalue weighted by Gasteiger charge is -2.21. The zero-order valence-corrected chi connectivity index (χ0v) is 25.8. The summed E-state index contributed by atoms with van der Waals surface area (Å²) in [5.41, 5.74) is 4.52. The smallest absolute Gasteiger partial charge is 0.342 e. The van der Waals surface area contributed by atoms with Gasteiger partial charge in [0, 0.05) is 32.0 Å². The number of carbonyl (C=O) groups is 1. The highest BCUT2D eigenvalue weighted by Gasteiger charge is 2.33. The molecule has 2 rings (SSSR count). The number of benzene rings is 1. The van der Waals surface area contributed by atoms with Crippen LogP contribution in [0, 0.1) is 6.92 Å². The van der Waals surface area contributed by atoms with Crippen molar-refractivity contribution in [2.24, 2.45) is 0 Å². The Kier molecular flexibility index (Phi) is 11.3. The number of allylic oxidation sites excluding steroid dienone is 2. The van der Waals surface area contributed by atoms with Crippen molar-refractivity contribution in [2.45, 2.75) is 98.2 Å². The van der Waals surface area contributed by atoms with Gasteiger partial charge in [0.1, 0.15) is 23.7 Å². The molecule has 0 aliphatic carbocycles. The molecule has 0 radical (unpaired) electrons. The Morgan fingerprint density at radius 3 is 2.53 bits per heavy atom. The second-order valence-electron chi connectivity index (χ2n) is 11.3. The van der Waals surface area contributed by atoms with E-state index in [2.05, 4.69) is 32.6 Å². The Hall–Kier alpha value is -1.56. The van der Waals surface area contributed by atoms with Gasteiger partial charge in [0.05, 0.1) is 19.8 Å². The molecule has 0 spiro atoms. The molecule has 1 aliphatic heterocycles. The molecule has 0 N–H and O–H groups in total. The number of methoxy groups -OCH3 is 1. The van der Waals surface area contributed by atoms with E-state index in [-0.39, 0.29) is 18.7 Å². The lowest BCUT2D eigenvalue weighted by Crippen LogP contribution is -2.23. The minimum atomic E-state index is -2.54. The molecule has 1 heterocycles. The minimum absolute atomic E-state index is 0.0349. The first-order valence-electron chi connectivity index (χ1n) is 13.2. The van der Waals surface area contributed by atoms with Gasteiger partial charge in [-0.1, -0.05) is 38.2 Å². The summed E-state index contributed by atoms with van der Waals surface area (Å²) in [6, 6.07) is 1.00. The van der Waals surface area contributed by atoms with E-state index >= 15 is 0 Å². The second-order valence-corrected chi connectivity index (χ2v) is 19.6. The molecular weight excluding hydrogens is 491 g/mol. The summed E-state index contributed by atoms with van der Waals surface area (Å²) in [6.45, 7) is 17.6. The van der Waals surface area contributed by atoms with Crippen LogP contribution in [0.1, 0.15) is 73.5 Å². The molecule has 0 amide bonds. The van der Waals surface area contributed by atoms with Gasteiger partial charge in [-0.15, -0.1) is 0 Å². The molecule has 8 heteroatoms. The van der Waals surface area contributed by atoms with Crippen molar-refractivity contribution in [1.29, 1.82) is 0 Å². The quantitative estimate of drug-likeness (QED) is 0.0747. The van der Waals surface area contributed by atoms with Gasteiger partial charge in [-0.2, -0.15) is 0 Å². The van der Waals surface area contributed by atoms with Crippen molar-refractivity contribution in [1.82, 2.24) is 0 Å². The number of cyclic esters (lactones) is 1. The zero-order chi connectivity index (χ0) is 27.1. The Morgan fingerprint density at radius 2 is 1.92 bits per heavy atom. The van der Waals surface area contributed by atoms with Gasteiger partial charge in [-0.3, -0.25) is 4.57 Å². The van der Waals surface area contributed by atoms with Gasteiger partial charge in [0.25, 0.3) is 0 Å². The first-order chi connectivity index (χ1) is 16.8. The Labute approximate surface area is 219 Å². The molecule has 1 aromatic rings. The highest BCUT2D eigenvalue weighted by atomic mass is 31.2. The summed E-state index contributed by atoms with van der Waals surface area (Å²) in [6.07, 6.45) is 7.06. The maximum atomic E-state index is 12.6. The van der Waals surface area contributed by atoms with Gasteiger partial charge in [0.2, 0.25) is 0 Å². The first-order valence-corrected chi connectivity index (χ1v) is 19.2. The van der Waals surface area contributed by atoms with Crippen LogP contribution in [0.4, 0.5) is 0 Å². The van der Waals surface area contributed by atoms with E-state index in [4.69, 9.17) is 18.7 Å². The van der Waals surface area contributed by atoms with Crippen LogP contribution in [-0.4, -0.2) is 46.7 Å². The number of unbranched alkanes of at least 4 members (excludes halogenated alkanes) is 1. The molecule has 0 fully saturated rings. The number of fused-ring (bicyclic) bond motifs is 1. The van der Waals surface area contributed by atoms with Crippen LogP contribution in [0.3, 0.4) is 0 Å². The van der Waals surface area contributed by atoms with Crippen molar-refractivity contribution >= 4 is 21.4 Å². The fourth-order valence-electron chi connectivity index (χ4n) is 4.32. The monoisotopic (exact) mass is 538 g/mol. The minimum Gasteiger partial charge on any atom is -0.496 e. The van der Waals surface area contributed by atoms with E-state index in [1.54, 1.807) is 13.8 Å². The highest BCUT2D eigenvalue weighted by molar-refractivity contribution is 7.58. The van der Waals surface area contributed by atoms with Crippen molar-refractivity contribution < 1.29 is 28.1 Å². The molecule has 6 nitrogen and oxygen atoms in total. The summed E-state index contributed by atoms with van der Waals surface area (Å²) < 4.78 is 35.9. The van der Waals surface area contributed by atoms with Crippen LogP contribution >= 0.6 is 7.37 Å². The van der Waals surface area contributed by atoms with Crippen LogP contribution < -0.4 is 9.47 Å². The van der Waals surface area contributed by atoms with E-state index in [9.17, 15) is 9.36 Å². The van der Waals surface area contributed by atoms with Crippen LogP contribution in [-0.2, 0) is 26.9 Å². The average Bonchev–Trinajstić information content (AvgIpc) is 3.17. The third-order valence-electron chi connectivity index (χ3n) is 6.74. The molecule has 36 heavy (non-hydrogen) atoms. The Balaban J connectivity index is 2.16. The van der Waals surface area contributed by atoms with Gasteiger partial charge in [-0.25, -0.2) is 4.79 Å². The highest BCUT2D eigenvalue weighted by Crippen LogP contribution is 2.45. The summed E-state index contributed by atoms with van der Waals surface area (Å²) >= 11 is 0.